The van der Waals surface area contributed by atoms with Crippen molar-refractivity contribution in [3.63, 3.8) is 0 Å². The molecule has 2 aliphatic carbocycles. The van der Waals surface area contributed by atoms with Gasteiger partial charge in [-0.15, -0.1) is 0 Å². The van der Waals surface area contributed by atoms with Crippen LogP contribution < -0.4 is 0 Å². The second-order valence-electron chi connectivity index (χ2n) is 9.44. The summed E-state index contributed by atoms with van der Waals surface area (Å²) in [5.74, 6) is 0. The fraction of sp³-hybridized carbons (Fsp3) is 0.545. The molecule has 172 valence electrons. The van der Waals surface area contributed by atoms with Crippen LogP contribution in [0.5, 0.6) is 0 Å². The van der Waals surface area contributed by atoms with Gasteiger partial charge in [-0.25, -0.2) is 18.4 Å². The number of sulfonamides is 1. The third-order valence-electron chi connectivity index (χ3n) is 7.43. The number of piperazine rings is 1. The normalized spacial score (nSPS) is 26.8. The van der Waals surface area contributed by atoms with Gasteiger partial charge in [-0.2, -0.15) is 14.7 Å². The van der Waals surface area contributed by atoms with Crippen LogP contribution >= 0.6 is 0 Å². The summed E-state index contributed by atoms with van der Waals surface area (Å²) in [6.45, 7) is 2.62. The van der Waals surface area contributed by atoms with Gasteiger partial charge < -0.3 is 4.98 Å². The minimum atomic E-state index is -3.10. The van der Waals surface area contributed by atoms with Gasteiger partial charge in [-0.05, 0) is 31.7 Å². The Morgan fingerprint density at radius 3 is 2.70 bits per heavy atom. The Kier molecular flexibility index (Phi) is 4.79. The van der Waals surface area contributed by atoms with Crippen LogP contribution in [0.2, 0.25) is 0 Å². The number of H-pyrrole nitrogens is 1. The summed E-state index contributed by atoms with van der Waals surface area (Å²) in [4.78, 5) is 14.2. The van der Waals surface area contributed by atoms with Crippen molar-refractivity contribution in [1.82, 2.24) is 33.9 Å². The zero-order valence-corrected chi connectivity index (χ0v) is 19.1. The number of aromatic amines is 1. The van der Waals surface area contributed by atoms with Crippen molar-refractivity contribution in [3.8, 4) is 17.3 Å². The van der Waals surface area contributed by atoms with Crippen molar-refractivity contribution in [2.45, 2.75) is 48.9 Å². The smallest absolute Gasteiger partial charge is 0.217 e. The molecule has 6 rings (SSSR count). The summed E-state index contributed by atoms with van der Waals surface area (Å²) in [6, 6.07) is 4.65. The fourth-order valence-corrected chi connectivity index (χ4v) is 7.17. The number of hydrogen-bond acceptors (Lipinski definition) is 7. The van der Waals surface area contributed by atoms with Crippen LogP contribution in [0, 0.1) is 11.3 Å². The van der Waals surface area contributed by atoms with Crippen LogP contribution in [0.15, 0.2) is 31.0 Å². The van der Waals surface area contributed by atoms with Crippen molar-refractivity contribution in [3.05, 3.63) is 31.0 Å². The maximum absolute atomic E-state index is 12.5. The van der Waals surface area contributed by atoms with Crippen molar-refractivity contribution >= 4 is 21.1 Å². The third-order valence-corrected chi connectivity index (χ3v) is 9.83. The highest BCUT2D eigenvalue weighted by Gasteiger charge is 2.50. The lowest BCUT2D eigenvalue weighted by Crippen LogP contribution is -2.60. The molecule has 1 N–H and O–H groups in total. The van der Waals surface area contributed by atoms with Crippen molar-refractivity contribution in [2.75, 3.05) is 26.2 Å². The van der Waals surface area contributed by atoms with Gasteiger partial charge in [0.1, 0.15) is 12.0 Å². The molecule has 3 aromatic heterocycles. The molecule has 0 spiro atoms. The largest absolute Gasteiger partial charge is 0.346 e. The van der Waals surface area contributed by atoms with Crippen LogP contribution in [-0.2, 0) is 15.6 Å². The maximum atomic E-state index is 12.5. The summed E-state index contributed by atoms with van der Waals surface area (Å²) in [5.41, 5.74) is 2.18. The van der Waals surface area contributed by atoms with Gasteiger partial charge in [0, 0.05) is 55.6 Å². The van der Waals surface area contributed by atoms with E-state index >= 15 is 0 Å². The zero-order chi connectivity index (χ0) is 22.6. The molecule has 0 bridgehead atoms. The lowest BCUT2D eigenvalue weighted by Gasteiger charge is -2.52. The van der Waals surface area contributed by atoms with E-state index in [9.17, 15) is 13.7 Å². The quantitative estimate of drug-likeness (QED) is 0.586. The van der Waals surface area contributed by atoms with Gasteiger partial charge >= 0.3 is 0 Å². The first-order valence-electron chi connectivity index (χ1n) is 11.4. The number of nitrogens with one attached hydrogen (secondary N) is 1. The van der Waals surface area contributed by atoms with Crippen molar-refractivity contribution in [2.24, 2.45) is 0 Å². The average Bonchev–Trinajstić information content (AvgIpc) is 3.36. The Hall–Kier alpha value is -2.81. The van der Waals surface area contributed by atoms with Crippen LogP contribution in [0.1, 0.15) is 32.1 Å². The topological polar surface area (TPSA) is 124 Å². The predicted octanol–water partition coefficient (Wildman–Crippen LogP) is 1.70. The van der Waals surface area contributed by atoms with E-state index in [1.165, 1.54) is 0 Å². The van der Waals surface area contributed by atoms with Gasteiger partial charge in [0.05, 0.1) is 35.2 Å². The summed E-state index contributed by atoms with van der Waals surface area (Å²) in [7, 11) is -3.10. The lowest BCUT2D eigenvalue weighted by molar-refractivity contribution is -0.00895. The molecule has 3 aromatic rings. The van der Waals surface area contributed by atoms with E-state index in [1.807, 2.05) is 29.3 Å². The standard InChI is InChI=1S/C22H26N8O2S/c23-5-4-22(30-14-16(13-27-30)20-19-3-6-24-21(19)26-15-25-20)11-17(12-22)28-7-9-29(10-8-28)33(31,32)18-1-2-18/h3,6,13-15,17-18H,1-2,4,7-12H2,(H,24,25,26). The van der Waals surface area contributed by atoms with Crippen molar-refractivity contribution < 1.29 is 8.42 Å². The Balaban J connectivity index is 1.16. The SMILES string of the molecule is N#CCC1(n2cc(-c3ncnc4[nH]ccc34)cn2)CC(N2CCN(S(=O)(=O)C3CC3)CC2)C1. The average molecular weight is 467 g/mol. The highest BCUT2D eigenvalue weighted by molar-refractivity contribution is 7.90. The van der Waals surface area contributed by atoms with E-state index in [1.54, 1.807) is 10.6 Å². The molecule has 11 heteroatoms. The number of hydrogen-bond donors (Lipinski definition) is 1. The molecular weight excluding hydrogens is 440 g/mol. The molecule has 1 saturated heterocycles. The number of aromatic nitrogens is 5. The number of nitriles is 1. The van der Waals surface area contributed by atoms with Crippen LogP contribution in [0.25, 0.3) is 22.3 Å². The molecule has 3 aliphatic rings. The molecule has 0 amide bonds. The van der Waals surface area contributed by atoms with Gasteiger partial charge in [0.15, 0.2) is 0 Å². The lowest BCUT2D eigenvalue weighted by atomic mass is 9.70. The molecule has 0 atom stereocenters. The Labute approximate surface area is 192 Å². The second kappa shape index (κ2) is 7.62. The van der Waals surface area contributed by atoms with E-state index in [2.05, 4.69) is 31.0 Å². The number of fused-ring (bicyclic) bond motifs is 1. The van der Waals surface area contributed by atoms with Gasteiger partial charge in [-0.3, -0.25) is 9.58 Å². The van der Waals surface area contributed by atoms with Crippen LogP contribution in [0.3, 0.4) is 0 Å². The Morgan fingerprint density at radius 2 is 1.97 bits per heavy atom. The first kappa shape index (κ1) is 20.8. The number of nitrogens with zero attached hydrogens (tertiary/aromatic N) is 7. The molecule has 3 fully saturated rings. The van der Waals surface area contributed by atoms with Gasteiger partial charge in [0.2, 0.25) is 10.0 Å². The third kappa shape index (κ3) is 3.44. The summed E-state index contributed by atoms with van der Waals surface area (Å²) >= 11 is 0. The first-order valence-corrected chi connectivity index (χ1v) is 12.9. The predicted molar refractivity (Wildman–Crippen MR) is 121 cm³/mol. The van der Waals surface area contributed by atoms with Gasteiger partial charge in [0.25, 0.3) is 0 Å². The zero-order valence-electron chi connectivity index (χ0n) is 18.3. The molecule has 4 heterocycles. The van der Waals surface area contributed by atoms with Crippen LogP contribution in [0.4, 0.5) is 0 Å². The van der Waals surface area contributed by atoms with E-state index < -0.39 is 10.0 Å². The maximum Gasteiger partial charge on any atom is 0.217 e. The summed E-state index contributed by atoms with van der Waals surface area (Å²) < 4.78 is 28.6. The Morgan fingerprint density at radius 1 is 1.18 bits per heavy atom. The summed E-state index contributed by atoms with van der Waals surface area (Å²) in [5, 5.41) is 15.0. The minimum Gasteiger partial charge on any atom is -0.346 e. The molecule has 0 radical (unpaired) electrons. The number of rotatable bonds is 6. The van der Waals surface area contributed by atoms with Crippen molar-refractivity contribution in [1.29, 1.82) is 5.26 Å². The second-order valence-corrected chi connectivity index (χ2v) is 11.6. The molecular formula is C22H26N8O2S. The van der Waals surface area contributed by atoms with E-state index in [0.29, 0.717) is 25.6 Å². The van der Waals surface area contributed by atoms with Gasteiger partial charge in [-0.1, -0.05) is 0 Å². The van der Waals surface area contributed by atoms with E-state index in [0.717, 1.165) is 61.1 Å². The highest BCUT2D eigenvalue weighted by atomic mass is 32.2. The Bertz CT molecular complexity index is 1320. The molecule has 0 unspecified atom stereocenters. The molecule has 1 aliphatic heterocycles. The van der Waals surface area contributed by atoms with Crippen LogP contribution in [-0.4, -0.2) is 79.8 Å². The molecule has 10 nitrogen and oxygen atoms in total. The van der Waals surface area contributed by atoms with E-state index in [-0.39, 0.29) is 10.8 Å². The fourth-order valence-electron chi connectivity index (χ4n) is 5.34. The molecule has 33 heavy (non-hydrogen) atoms. The molecule has 2 saturated carbocycles. The molecule has 0 aromatic carbocycles. The first-order chi connectivity index (χ1) is 16.0. The minimum absolute atomic E-state index is 0.146. The summed E-state index contributed by atoms with van der Waals surface area (Å²) in [6.07, 6.45) is 10.8. The monoisotopic (exact) mass is 466 g/mol. The highest BCUT2D eigenvalue weighted by Crippen LogP contribution is 2.45. The van der Waals surface area contributed by atoms with E-state index in [4.69, 9.17) is 0 Å².